The van der Waals surface area contributed by atoms with Crippen LogP contribution in [0.4, 0.5) is 4.39 Å². The first kappa shape index (κ1) is 15.4. The van der Waals surface area contributed by atoms with Crippen LogP contribution in [0.3, 0.4) is 0 Å². The highest BCUT2D eigenvalue weighted by Gasteiger charge is 2.47. The molecule has 0 bridgehead atoms. The first-order valence-electron chi connectivity index (χ1n) is 7.58. The Bertz CT molecular complexity index is 845. The zero-order valence-corrected chi connectivity index (χ0v) is 14.3. The summed E-state index contributed by atoms with van der Waals surface area (Å²) in [6.45, 7) is 2.05. The largest absolute Gasteiger partial charge is 0.456 e. The third-order valence-electron chi connectivity index (χ3n) is 4.48. The zero-order valence-electron chi connectivity index (χ0n) is 12.7. The number of esters is 2. The molecule has 1 N–H and O–H groups in total. The van der Waals surface area contributed by atoms with Crippen LogP contribution >= 0.6 is 15.9 Å². The van der Waals surface area contributed by atoms with Crippen LogP contribution in [-0.2, 0) is 19.1 Å². The van der Waals surface area contributed by atoms with E-state index in [0.29, 0.717) is 34.5 Å². The number of carbonyl (C=O) groups is 2. The maximum atomic E-state index is 13.6. The number of halogens is 2. The van der Waals surface area contributed by atoms with E-state index < -0.39 is 23.7 Å². The van der Waals surface area contributed by atoms with Gasteiger partial charge in [-0.3, -0.25) is 0 Å². The summed E-state index contributed by atoms with van der Waals surface area (Å²) < 4.78 is 24.4. The van der Waals surface area contributed by atoms with Crippen molar-refractivity contribution in [3.8, 4) is 0 Å². The van der Waals surface area contributed by atoms with Crippen LogP contribution in [0.25, 0.3) is 0 Å². The quantitative estimate of drug-likeness (QED) is 0.782. The fraction of sp³-hybridized carbons (Fsp3) is 0.294. The van der Waals surface area contributed by atoms with Gasteiger partial charge in [0.25, 0.3) is 0 Å². The number of dihydropyridines is 1. The minimum Gasteiger partial charge on any atom is -0.456 e. The lowest BCUT2D eigenvalue weighted by molar-refractivity contribution is -0.140. The van der Waals surface area contributed by atoms with Crippen LogP contribution in [0.15, 0.2) is 45.2 Å². The highest BCUT2D eigenvalue weighted by Crippen LogP contribution is 2.45. The summed E-state index contributed by atoms with van der Waals surface area (Å²) in [5.74, 6) is -1.96. The van der Waals surface area contributed by atoms with Gasteiger partial charge in [-0.1, -0.05) is 13.0 Å². The maximum Gasteiger partial charge on any atom is 0.337 e. The van der Waals surface area contributed by atoms with Crippen LogP contribution in [0.5, 0.6) is 0 Å². The summed E-state index contributed by atoms with van der Waals surface area (Å²) >= 11 is 3.16. The number of hydrogen-bond donors (Lipinski definition) is 1. The molecule has 3 heterocycles. The van der Waals surface area contributed by atoms with E-state index in [9.17, 15) is 14.0 Å². The SMILES string of the molecule is CC[C@H]1OC(=O)C2=C1NC1=C(C(=O)OC1)[C@H]2c1ccc(F)c(Br)c1. The number of ether oxygens (including phenoxy) is 2. The van der Waals surface area contributed by atoms with E-state index in [1.165, 1.54) is 6.07 Å². The monoisotopic (exact) mass is 393 g/mol. The maximum absolute atomic E-state index is 13.6. The van der Waals surface area contributed by atoms with Crippen LogP contribution in [0.1, 0.15) is 24.8 Å². The lowest BCUT2D eigenvalue weighted by atomic mass is 9.80. The minimum atomic E-state index is -0.618. The summed E-state index contributed by atoms with van der Waals surface area (Å²) in [4.78, 5) is 24.6. The van der Waals surface area contributed by atoms with Crippen molar-refractivity contribution < 1.29 is 23.5 Å². The molecule has 24 heavy (non-hydrogen) atoms. The van der Waals surface area contributed by atoms with E-state index in [2.05, 4.69) is 21.2 Å². The molecular formula is C17H13BrFNO4. The average Bonchev–Trinajstić information content (AvgIpc) is 3.09. The van der Waals surface area contributed by atoms with E-state index in [-0.39, 0.29) is 17.2 Å². The van der Waals surface area contributed by atoms with Crippen molar-refractivity contribution in [1.29, 1.82) is 0 Å². The molecule has 5 nitrogen and oxygen atoms in total. The van der Waals surface area contributed by atoms with Crippen molar-refractivity contribution >= 4 is 27.9 Å². The standard InChI is InChI=1S/C17H13BrFNO4/c1-2-11-15-14(17(22)24-11)12(7-3-4-9(19)8(18)5-7)13-10(20-15)6-23-16(13)21/h3-5,11-12,20H,2,6H2,1H3/t11-,12-/m1/s1. The Morgan fingerprint density at radius 1 is 1.29 bits per heavy atom. The molecule has 1 aromatic carbocycles. The van der Waals surface area contributed by atoms with Gasteiger partial charge in [-0.05, 0) is 40.0 Å². The van der Waals surface area contributed by atoms with Gasteiger partial charge in [0.1, 0.15) is 18.5 Å². The molecular weight excluding hydrogens is 381 g/mol. The Balaban J connectivity index is 1.91. The van der Waals surface area contributed by atoms with Crippen LogP contribution < -0.4 is 5.32 Å². The predicted octanol–water partition coefficient (Wildman–Crippen LogP) is 2.68. The topological polar surface area (TPSA) is 64.6 Å². The number of nitrogens with one attached hydrogen (secondary N) is 1. The van der Waals surface area contributed by atoms with Crippen LogP contribution in [-0.4, -0.2) is 24.6 Å². The Morgan fingerprint density at radius 3 is 2.79 bits per heavy atom. The smallest absolute Gasteiger partial charge is 0.337 e. The fourth-order valence-corrected chi connectivity index (χ4v) is 3.78. The third kappa shape index (κ3) is 2.11. The number of cyclic esters (lactones) is 2. The Labute approximate surface area is 145 Å². The first-order valence-corrected chi connectivity index (χ1v) is 8.37. The van der Waals surface area contributed by atoms with Gasteiger partial charge in [0.05, 0.1) is 32.9 Å². The van der Waals surface area contributed by atoms with E-state index in [4.69, 9.17) is 9.47 Å². The Kier molecular flexibility index (Phi) is 3.49. The molecule has 2 atom stereocenters. The van der Waals surface area contributed by atoms with E-state index in [1.807, 2.05) is 6.92 Å². The predicted molar refractivity (Wildman–Crippen MR) is 85.2 cm³/mol. The summed E-state index contributed by atoms with van der Waals surface area (Å²) in [6, 6.07) is 4.46. The molecule has 0 saturated carbocycles. The third-order valence-corrected chi connectivity index (χ3v) is 5.09. The number of rotatable bonds is 2. The van der Waals surface area contributed by atoms with Crippen molar-refractivity contribution in [1.82, 2.24) is 5.32 Å². The number of carbonyl (C=O) groups excluding carboxylic acids is 2. The van der Waals surface area contributed by atoms with Gasteiger partial charge in [0.15, 0.2) is 0 Å². The van der Waals surface area contributed by atoms with Crippen LogP contribution in [0.2, 0.25) is 0 Å². The molecule has 0 saturated heterocycles. The highest BCUT2D eigenvalue weighted by atomic mass is 79.9. The molecule has 4 rings (SSSR count). The summed E-state index contributed by atoms with van der Waals surface area (Å²) in [5, 5.41) is 3.15. The minimum absolute atomic E-state index is 0.133. The molecule has 0 aromatic heterocycles. The second-order valence-electron chi connectivity index (χ2n) is 5.83. The Hall–Kier alpha value is -2.15. The van der Waals surface area contributed by atoms with Crippen molar-refractivity contribution in [3.63, 3.8) is 0 Å². The average molecular weight is 394 g/mol. The first-order chi connectivity index (χ1) is 11.5. The van der Waals surface area contributed by atoms with Gasteiger partial charge in [-0.2, -0.15) is 0 Å². The number of benzene rings is 1. The van der Waals surface area contributed by atoms with Gasteiger partial charge in [-0.15, -0.1) is 0 Å². The summed E-state index contributed by atoms with van der Waals surface area (Å²) in [6.07, 6.45) is 0.248. The molecule has 0 spiro atoms. The van der Waals surface area contributed by atoms with Crippen molar-refractivity contribution in [2.24, 2.45) is 0 Å². The molecule has 1 aromatic rings. The summed E-state index contributed by atoms with van der Waals surface area (Å²) in [5.41, 5.74) is 2.74. The van der Waals surface area contributed by atoms with Crippen molar-refractivity contribution in [3.05, 3.63) is 56.6 Å². The molecule has 0 radical (unpaired) electrons. The molecule has 3 aliphatic rings. The normalized spacial score (nSPS) is 25.3. The van der Waals surface area contributed by atoms with Gasteiger partial charge >= 0.3 is 11.9 Å². The van der Waals surface area contributed by atoms with Crippen LogP contribution in [0, 0.1) is 5.82 Å². The van der Waals surface area contributed by atoms with Gasteiger partial charge < -0.3 is 14.8 Å². The highest BCUT2D eigenvalue weighted by molar-refractivity contribution is 9.10. The van der Waals surface area contributed by atoms with E-state index in [1.54, 1.807) is 12.1 Å². The summed E-state index contributed by atoms with van der Waals surface area (Å²) in [7, 11) is 0. The lowest BCUT2D eigenvalue weighted by Gasteiger charge is -2.25. The zero-order chi connectivity index (χ0) is 17.0. The molecule has 0 aliphatic carbocycles. The fourth-order valence-electron chi connectivity index (χ4n) is 3.39. The van der Waals surface area contributed by atoms with Gasteiger partial charge in [-0.25, -0.2) is 14.0 Å². The van der Waals surface area contributed by atoms with Gasteiger partial charge in [0, 0.05) is 0 Å². The molecule has 3 aliphatic heterocycles. The second-order valence-corrected chi connectivity index (χ2v) is 6.68. The second kappa shape index (κ2) is 5.44. The lowest BCUT2D eigenvalue weighted by Crippen LogP contribution is -2.29. The number of hydrogen-bond acceptors (Lipinski definition) is 5. The molecule has 0 unspecified atom stereocenters. The molecule has 0 fully saturated rings. The molecule has 7 heteroatoms. The molecule has 124 valence electrons. The molecule has 0 amide bonds. The van der Waals surface area contributed by atoms with Crippen molar-refractivity contribution in [2.45, 2.75) is 25.4 Å². The van der Waals surface area contributed by atoms with Crippen molar-refractivity contribution in [2.75, 3.05) is 6.61 Å². The van der Waals surface area contributed by atoms with E-state index >= 15 is 0 Å². The Morgan fingerprint density at radius 2 is 2.08 bits per heavy atom. The van der Waals surface area contributed by atoms with E-state index in [0.717, 1.165) is 0 Å². The van der Waals surface area contributed by atoms with Gasteiger partial charge in [0.2, 0.25) is 0 Å².